The lowest BCUT2D eigenvalue weighted by Crippen LogP contribution is -2.34. The van der Waals surface area contributed by atoms with Gasteiger partial charge in [0.2, 0.25) is 5.91 Å². The largest absolute Gasteiger partial charge is 0.369 e. The molecule has 0 aromatic carbocycles. The Morgan fingerprint density at radius 2 is 1.57 bits per heavy atom. The van der Waals surface area contributed by atoms with Crippen LogP contribution >= 0.6 is 0 Å². The summed E-state index contributed by atoms with van der Waals surface area (Å²) >= 11 is 0. The number of nitrogens with two attached hydrogens (primary N) is 1. The Balaban J connectivity index is 4.35. The number of carbonyl (C=O) groups is 1. The van der Waals surface area contributed by atoms with E-state index in [4.69, 9.17) is 5.73 Å². The minimum Gasteiger partial charge on any atom is -0.369 e. The summed E-state index contributed by atoms with van der Waals surface area (Å²) in [6.07, 6.45) is 1.93. The van der Waals surface area contributed by atoms with Crippen LogP contribution in [-0.4, -0.2) is 5.91 Å². The van der Waals surface area contributed by atoms with Gasteiger partial charge in [-0.2, -0.15) is 0 Å². The topological polar surface area (TPSA) is 43.1 Å². The molecule has 0 aliphatic heterocycles. The highest BCUT2D eigenvalue weighted by Crippen LogP contribution is 2.33. The molecule has 1 atom stereocenters. The van der Waals surface area contributed by atoms with Gasteiger partial charge in [-0.15, -0.1) is 0 Å². The van der Waals surface area contributed by atoms with Crippen molar-refractivity contribution in [3.63, 3.8) is 0 Å². The van der Waals surface area contributed by atoms with Crippen molar-refractivity contribution < 1.29 is 4.79 Å². The monoisotopic (exact) mass is 199 g/mol. The Morgan fingerprint density at radius 3 is 1.79 bits per heavy atom. The predicted octanol–water partition coefficient (Wildman–Crippen LogP) is 2.96. The molecule has 1 amide bonds. The van der Waals surface area contributed by atoms with E-state index in [-0.39, 0.29) is 22.7 Å². The standard InChI is InChI=1S/C12H25NO/c1-11(2,3)8-7-9(10(13)14)12(4,5)6/h9H,7-8H2,1-6H3,(H2,13,14). The molecule has 0 aliphatic rings. The van der Waals surface area contributed by atoms with Gasteiger partial charge in [-0.25, -0.2) is 0 Å². The summed E-state index contributed by atoms with van der Waals surface area (Å²) in [4.78, 5) is 11.3. The summed E-state index contributed by atoms with van der Waals surface area (Å²) < 4.78 is 0. The maximum Gasteiger partial charge on any atom is 0.221 e. The number of rotatable bonds is 3. The summed E-state index contributed by atoms with van der Waals surface area (Å²) in [5.74, 6) is -0.177. The summed E-state index contributed by atoms with van der Waals surface area (Å²) in [6, 6.07) is 0. The van der Waals surface area contributed by atoms with Crippen LogP contribution in [0.2, 0.25) is 0 Å². The summed E-state index contributed by atoms with van der Waals surface area (Å²) in [5, 5.41) is 0. The van der Waals surface area contributed by atoms with E-state index in [9.17, 15) is 4.79 Å². The van der Waals surface area contributed by atoms with Gasteiger partial charge in [-0.1, -0.05) is 41.5 Å². The Kier molecular flexibility index (Phi) is 4.16. The predicted molar refractivity (Wildman–Crippen MR) is 60.8 cm³/mol. The molecular formula is C12H25NO. The van der Waals surface area contributed by atoms with Gasteiger partial charge in [0.1, 0.15) is 0 Å². The van der Waals surface area contributed by atoms with Crippen molar-refractivity contribution in [1.29, 1.82) is 0 Å². The number of amides is 1. The number of hydrogen-bond acceptors (Lipinski definition) is 1. The van der Waals surface area contributed by atoms with Gasteiger partial charge in [0.05, 0.1) is 0 Å². The maximum absolute atomic E-state index is 11.3. The first-order valence-electron chi connectivity index (χ1n) is 5.33. The molecule has 0 aliphatic carbocycles. The first-order valence-corrected chi connectivity index (χ1v) is 5.33. The van der Waals surface area contributed by atoms with Crippen LogP contribution < -0.4 is 5.73 Å². The zero-order valence-corrected chi connectivity index (χ0v) is 10.5. The first kappa shape index (κ1) is 13.5. The van der Waals surface area contributed by atoms with Crippen LogP contribution in [0.25, 0.3) is 0 Å². The van der Waals surface area contributed by atoms with Gasteiger partial charge in [-0.3, -0.25) is 4.79 Å². The summed E-state index contributed by atoms with van der Waals surface area (Å²) in [7, 11) is 0. The second kappa shape index (κ2) is 4.33. The van der Waals surface area contributed by atoms with E-state index < -0.39 is 0 Å². The van der Waals surface area contributed by atoms with Crippen LogP contribution in [0.3, 0.4) is 0 Å². The number of primary amides is 1. The van der Waals surface area contributed by atoms with Crippen molar-refractivity contribution in [3.05, 3.63) is 0 Å². The minimum absolute atomic E-state index is 0.0123. The van der Waals surface area contributed by atoms with Crippen LogP contribution in [0, 0.1) is 16.7 Å². The van der Waals surface area contributed by atoms with Crippen molar-refractivity contribution in [3.8, 4) is 0 Å². The minimum atomic E-state index is -0.165. The van der Waals surface area contributed by atoms with Crippen molar-refractivity contribution in [2.45, 2.75) is 54.4 Å². The van der Waals surface area contributed by atoms with Crippen molar-refractivity contribution >= 4 is 5.91 Å². The fourth-order valence-electron chi connectivity index (χ4n) is 1.58. The Hall–Kier alpha value is -0.530. The van der Waals surface area contributed by atoms with Gasteiger partial charge < -0.3 is 5.73 Å². The zero-order chi connectivity index (χ0) is 11.6. The maximum atomic E-state index is 11.3. The Bertz CT molecular complexity index is 195. The van der Waals surface area contributed by atoms with E-state index in [1.165, 1.54) is 0 Å². The molecule has 0 fully saturated rings. The lowest BCUT2D eigenvalue weighted by molar-refractivity contribution is -0.125. The molecular weight excluding hydrogens is 174 g/mol. The molecule has 2 N–H and O–H groups in total. The molecule has 0 aromatic heterocycles. The quantitative estimate of drug-likeness (QED) is 0.746. The fourth-order valence-corrected chi connectivity index (χ4v) is 1.58. The van der Waals surface area contributed by atoms with Crippen molar-refractivity contribution in [2.24, 2.45) is 22.5 Å². The van der Waals surface area contributed by atoms with E-state index in [0.717, 1.165) is 12.8 Å². The molecule has 0 radical (unpaired) electrons. The van der Waals surface area contributed by atoms with Gasteiger partial charge in [-0.05, 0) is 23.7 Å². The number of hydrogen-bond donors (Lipinski definition) is 1. The van der Waals surface area contributed by atoms with Crippen LogP contribution in [0.4, 0.5) is 0 Å². The molecule has 0 bridgehead atoms. The average Bonchev–Trinajstić information content (AvgIpc) is 1.79. The highest BCUT2D eigenvalue weighted by Gasteiger charge is 2.30. The first-order chi connectivity index (χ1) is 6.04. The van der Waals surface area contributed by atoms with E-state index in [1.54, 1.807) is 0 Å². The van der Waals surface area contributed by atoms with E-state index in [2.05, 4.69) is 41.5 Å². The molecule has 0 aromatic rings. The van der Waals surface area contributed by atoms with Gasteiger partial charge in [0.15, 0.2) is 0 Å². The van der Waals surface area contributed by atoms with E-state index in [1.807, 2.05) is 0 Å². The third-order valence-electron chi connectivity index (χ3n) is 2.57. The normalized spacial score (nSPS) is 15.3. The average molecular weight is 199 g/mol. The molecule has 2 nitrogen and oxygen atoms in total. The van der Waals surface area contributed by atoms with Gasteiger partial charge in [0.25, 0.3) is 0 Å². The van der Waals surface area contributed by atoms with E-state index >= 15 is 0 Å². The molecule has 0 saturated heterocycles. The highest BCUT2D eigenvalue weighted by atomic mass is 16.1. The van der Waals surface area contributed by atoms with Crippen LogP contribution in [0.1, 0.15) is 54.4 Å². The lowest BCUT2D eigenvalue weighted by atomic mass is 9.75. The highest BCUT2D eigenvalue weighted by molar-refractivity contribution is 5.77. The smallest absolute Gasteiger partial charge is 0.221 e. The van der Waals surface area contributed by atoms with Gasteiger partial charge in [0, 0.05) is 5.92 Å². The fraction of sp³-hybridized carbons (Fsp3) is 0.917. The molecule has 0 heterocycles. The molecule has 14 heavy (non-hydrogen) atoms. The summed E-state index contributed by atoms with van der Waals surface area (Å²) in [5.41, 5.74) is 5.67. The SMILES string of the molecule is CC(C)(C)CCC(C(N)=O)C(C)(C)C. The third-order valence-corrected chi connectivity index (χ3v) is 2.57. The van der Waals surface area contributed by atoms with Crippen LogP contribution in [-0.2, 0) is 4.79 Å². The molecule has 0 saturated carbocycles. The van der Waals surface area contributed by atoms with Crippen LogP contribution in [0.15, 0.2) is 0 Å². The Labute approximate surface area is 88.3 Å². The van der Waals surface area contributed by atoms with Crippen molar-refractivity contribution in [2.75, 3.05) is 0 Å². The Morgan fingerprint density at radius 1 is 1.14 bits per heavy atom. The molecule has 1 unspecified atom stereocenters. The molecule has 0 rings (SSSR count). The zero-order valence-electron chi connectivity index (χ0n) is 10.5. The number of carbonyl (C=O) groups excluding carboxylic acids is 1. The summed E-state index contributed by atoms with van der Waals surface area (Å²) in [6.45, 7) is 12.8. The molecule has 84 valence electrons. The second-order valence-electron chi connectivity index (χ2n) is 6.42. The third kappa shape index (κ3) is 5.25. The molecule has 0 spiro atoms. The molecule has 2 heteroatoms. The van der Waals surface area contributed by atoms with Crippen LogP contribution in [0.5, 0.6) is 0 Å². The second-order valence-corrected chi connectivity index (χ2v) is 6.42. The van der Waals surface area contributed by atoms with Gasteiger partial charge >= 0.3 is 0 Å². The van der Waals surface area contributed by atoms with Crippen molar-refractivity contribution in [1.82, 2.24) is 0 Å². The van der Waals surface area contributed by atoms with E-state index in [0.29, 0.717) is 0 Å². The lowest BCUT2D eigenvalue weighted by Gasteiger charge is -2.30.